The molecule has 206 valence electrons. The first kappa shape index (κ1) is 28.2. The van der Waals surface area contributed by atoms with Crippen molar-refractivity contribution in [3.63, 3.8) is 0 Å². The minimum absolute atomic E-state index is 0.0771. The van der Waals surface area contributed by atoms with Crippen LogP contribution in [0.15, 0.2) is 18.2 Å². The number of aromatic amines is 1. The van der Waals surface area contributed by atoms with Gasteiger partial charge in [-0.1, -0.05) is 37.5 Å². The highest BCUT2D eigenvalue weighted by molar-refractivity contribution is 6.47. The molecule has 1 aliphatic carbocycles. The standard InChI is InChI=1S/C28H41BN4O5/c1-16(2)22(32-26(35)37-7)25(34)33-14-8-9-21(33)24-30-20-13-10-17-15-18(11-12-19(17)23(20)31-24)29-38-28(5,6)27(3,4)36/h11-12,15-16,21-22,29,36H,8-10,13-14H2,1-7H3,(H,30,31)(H,32,35)/t21-,22-/m0/s1. The molecule has 0 bridgehead atoms. The molecule has 3 N–H and O–H groups in total. The van der Waals surface area contributed by atoms with Crippen LogP contribution in [-0.2, 0) is 27.0 Å². The number of imidazole rings is 1. The molecule has 2 amide bonds. The van der Waals surface area contributed by atoms with E-state index in [1.54, 1.807) is 13.8 Å². The number of hydrogen-bond acceptors (Lipinski definition) is 6. The number of carbonyl (C=O) groups excluding carboxylic acids is 2. The number of carbonyl (C=O) groups is 2. The maximum Gasteiger partial charge on any atom is 0.407 e. The van der Waals surface area contributed by atoms with Crippen LogP contribution in [0.1, 0.15) is 77.5 Å². The highest BCUT2D eigenvalue weighted by Crippen LogP contribution is 2.37. The highest BCUT2D eigenvalue weighted by atomic mass is 16.5. The molecule has 1 fully saturated rings. The van der Waals surface area contributed by atoms with Crippen LogP contribution in [0.25, 0.3) is 11.3 Å². The highest BCUT2D eigenvalue weighted by Gasteiger charge is 2.38. The molecule has 38 heavy (non-hydrogen) atoms. The van der Waals surface area contributed by atoms with Gasteiger partial charge >= 0.3 is 13.6 Å². The minimum atomic E-state index is -0.956. The third-order valence-electron chi connectivity index (χ3n) is 8.18. The Bertz CT molecular complexity index is 1190. The van der Waals surface area contributed by atoms with Crippen molar-refractivity contribution in [2.45, 2.75) is 90.5 Å². The Hall–Kier alpha value is -2.85. The zero-order chi connectivity index (χ0) is 27.8. The number of benzene rings is 1. The van der Waals surface area contributed by atoms with Crippen molar-refractivity contribution in [1.82, 2.24) is 20.2 Å². The number of nitrogens with zero attached hydrogens (tertiary/aromatic N) is 2. The number of likely N-dealkylation sites (tertiary alicyclic amines) is 1. The number of ether oxygens (including phenoxy) is 1. The van der Waals surface area contributed by atoms with E-state index in [2.05, 4.69) is 28.5 Å². The van der Waals surface area contributed by atoms with Crippen LogP contribution in [0.3, 0.4) is 0 Å². The van der Waals surface area contributed by atoms with E-state index < -0.39 is 23.3 Å². The van der Waals surface area contributed by atoms with Crippen LogP contribution in [0.4, 0.5) is 4.79 Å². The average Bonchev–Trinajstić information content (AvgIpc) is 3.51. The Kier molecular flexibility index (Phi) is 7.95. The number of alkyl carbamates (subject to hydrolysis) is 1. The first-order chi connectivity index (χ1) is 17.8. The van der Waals surface area contributed by atoms with Gasteiger partial charge in [0.05, 0.1) is 35.7 Å². The lowest BCUT2D eigenvalue weighted by atomic mass is 9.80. The summed E-state index contributed by atoms with van der Waals surface area (Å²) in [4.78, 5) is 35.7. The smallest absolute Gasteiger partial charge is 0.407 e. The Morgan fingerprint density at radius 3 is 2.63 bits per heavy atom. The van der Waals surface area contributed by atoms with Crippen LogP contribution >= 0.6 is 0 Å². The molecule has 2 aliphatic rings. The molecule has 0 radical (unpaired) electrons. The van der Waals surface area contributed by atoms with Crippen LogP contribution in [-0.4, -0.2) is 70.4 Å². The summed E-state index contributed by atoms with van der Waals surface area (Å²) in [6, 6.07) is 5.53. The van der Waals surface area contributed by atoms with E-state index in [1.165, 1.54) is 12.7 Å². The van der Waals surface area contributed by atoms with E-state index in [1.807, 2.05) is 32.6 Å². The maximum atomic E-state index is 13.5. The Balaban J connectivity index is 1.53. The topological polar surface area (TPSA) is 117 Å². The Morgan fingerprint density at radius 2 is 1.97 bits per heavy atom. The van der Waals surface area contributed by atoms with E-state index >= 15 is 0 Å². The summed E-state index contributed by atoms with van der Waals surface area (Å²) in [5.41, 5.74) is 3.82. The van der Waals surface area contributed by atoms with E-state index in [-0.39, 0.29) is 17.9 Å². The molecule has 1 saturated heterocycles. The summed E-state index contributed by atoms with van der Waals surface area (Å²) in [5, 5.41) is 13.1. The van der Waals surface area contributed by atoms with Crippen LogP contribution in [0, 0.1) is 5.92 Å². The molecule has 2 atom stereocenters. The average molecular weight is 524 g/mol. The van der Waals surface area contributed by atoms with Gasteiger partial charge in [-0.05, 0) is 64.9 Å². The van der Waals surface area contributed by atoms with Crippen LogP contribution < -0.4 is 10.8 Å². The van der Waals surface area contributed by atoms with Crippen LogP contribution in [0.5, 0.6) is 0 Å². The van der Waals surface area contributed by atoms with E-state index in [4.69, 9.17) is 14.4 Å². The van der Waals surface area contributed by atoms with Crippen LogP contribution in [0.2, 0.25) is 0 Å². The van der Waals surface area contributed by atoms with Gasteiger partial charge in [-0.2, -0.15) is 0 Å². The number of H-pyrrole nitrogens is 1. The van der Waals surface area contributed by atoms with Gasteiger partial charge in [0.1, 0.15) is 11.9 Å². The summed E-state index contributed by atoms with van der Waals surface area (Å²) < 4.78 is 10.8. The van der Waals surface area contributed by atoms with Crippen molar-refractivity contribution >= 4 is 24.9 Å². The summed E-state index contributed by atoms with van der Waals surface area (Å²) in [6.45, 7) is 11.8. The summed E-state index contributed by atoms with van der Waals surface area (Å²) >= 11 is 0. The van der Waals surface area contributed by atoms with Gasteiger partial charge in [-0.15, -0.1) is 0 Å². The molecule has 0 unspecified atom stereocenters. The lowest BCUT2D eigenvalue weighted by Gasteiger charge is -2.37. The third-order valence-corrected chi connectivity index (χ3v) is 8.18. The van der Waals surface area contributed by atoms with Gasteiger partial charge < -0.3 is 29.7 Å². The first-order valence-electron chi connectivity index (χ1n) is 13.5. The van der Waals surface area contributed by atoms with Gasteiger partial charge in [0.15, 0.2) is 0 Å². The SMILES string of the molecule is COC(=O)N[C@H](C(=O)N1CCC[C@H]1c1nc2c([nH]1)-c1ccc(BOC(C)(C)C(C)(C)O)cc1CC2)C(C)C. The molecule has 1 aliphatic heterocycles. The van der Waals surface area contributed by atoms with Crippen molar-refractivity contribution in [3.8, 4) is 11.3 Å². The minimum Gasteiger partial charge on any atom is -0.453 e. The molecule has 10 heteroatoms. The molecule has 2 aromatic rings. The van der Waals surface area contributed by atoms with Crippen molar-refractivity contribution < 1.29 is 24.1 Å². The second-order valence-electron chi connectivity index (χ2n) is 11.8. The molecule has 1 aromatic carbocycles. The number of aromatic nitrogens is 2. The number of amides is 2. The monoisotopic (exact) mass is 524 g/mol. The Morgan fingerprint density at radius 1 is 1.24 bits per heavy atom. The number of aliphatic hydroxyl groups is 1. The van der Waals surface area contributed by atoms with Gasteiger partial charge in [0.2, 0.25) is 5.91 Å². The molecule has 0 saturated carbocycles. The second kappa shape index (κ2) is 10.7. The zero-order valence-electron chi connectivity index (χ0n) is 23.7. The van der Waals surface area contributed by atoms with Gasteiger partial charge in [0, 0.05) is 12.1 Å². The predicted octanol–water partition coefficient (Wildman–Crippen LogP) is 2.76. The molecule has 1 aromatic heterocycles. The first-order valence-corrected chi connectivity index (χ1v) is 13.5. The third kappa shape index (κ3) is 5.61. The molecular weight excluding hydrogens is 483 g/mol. The molecule has 0 spiro atoms. The molecular formula is C28H41BN4O5. The van der Waals surface area contributed by atoms with Crippen molar-refractivity contribution in [3.05, 3.63) is 35.3 Å². The zero-order valence-corrected chi connectivity index (χ0v) is 23.7. The molecule has 4 rings (SSSR count). The number of methoxy groups -OCH3 is 1. The number of nitrogens with one attached hydrogen (secondary N) is 2. The van der Waals surface area contributed by atoms with Crippen molar-refractivity contribution in [2.24, 2.45) is 5.92 Å². The van der Waals surface area contributed by atoms with Gasteiger partial charge in [0.25, 0.3) is 0 Å². The number of fused-ring (bicyclic) bond motifs is 3. The van der Waals surface area contributed by atoms with E-state index in [9.17, 15) is 14.7 Å². The number of hydrogen-bond donors (Lipinski definition) is 3. The molecule has 2 heterocycles. The van der Waals surface area contributed by atoms with Gasteiger partial charge in [-0.25, -0.2) is 9.78 Å². The number of aryl methyl sites for hydroxylation is 2. The predicted molar refractivity (Wildman–Crippen MR) is 148 cm³/mol. The largest absolute Gasteiger partial charge is 0.453 e. The van der Waals surface area contributed by atoms with Gasteiger partial charge in [-0.3, -0.25) is 4.79 Å². The number of rotatable bonds is 8. The fourth-order valence-electron chi connectivity index (χ4n) is 5.06. The second-order valence-corrected chi connectivity index (χ2v) is 11.8. The lowest BCUT2D eigenvalue weighted by Crippen LogP contribution is -2.51. The normalized spacial score (nSPS) is 18.1. The molecule has 9 nitrogen and oxygen atoms in total. The summed E-state index contributed by atoms with van der Waals surface area (Å²) in [5.74, 6) is 0.613. The van der Waals surface area contributed by atoms with Crippen molar-refractivity contribution in [2.75, 3.05) is 13.7 Å². The quantitative estimate of drug-likeness (QED) is 0.458. The fourth-order valence-corrected chi connectivity index (χ4v) is 5.06. The lowest BCUT2D eigenvalue weighted by molar-refractivity contribution is -0.135. The maximum absolute atomic E-state index is 13.5. The fraction of sp³-hybridized carbons (Fsp3) is 0.607. The Labute approximate surface area is 226 Å². The summed E-state index contributed by atoms with van der Waals surface area (Å²) in [6.07, 6.45) is 2.79. The van der Waals surface area contributed by atoms with Crippen molar-refractivity contribution in [1.29, 1.82) is 0 Å². The van der Waals surface area contributed by atoms with E-state index in [0.29, 0.717) is 14.0 Å². The van der Waals surface area contributed by atoms with E-state index in [0.717, 1.165) is 53.9 Å². The summed E-state index contributed by atoms with van der Waals surface area (Å²) in [7, 11) is 1.72.